The molecule has 0 radical (unpaired) electrons. The number of thioether (sulfide) groups is 1. The summed E-state index contributed by atoms with van der Waals surface area (Å²) in [6.07, 6.45) is 0.900. The van der Waals surface area contributed by atoms with Gasteiger partial charge in [0.25, 0.3) is 5.91 Å². The molecule has 0 N–H and O–H groups in total. The van der Waals surface area contributed by atoms with E-state index < -0.39 is 5.82 Å². The normalized spacial score (nSPS) is 16.5. The van der Waals surface area contributed by atoms with Crippen LogP contribution in [0.3, 0.4) is 0 Å². The first kappa shape index (κ1) is 16.7. The molecule has 0 unspecified atom stereocenters. The predicted octanol–water partition coefficient (Wildman–Crippen LogP) is 4.71. The maximum absolute atomic E-state index is 13.4. The lowest BCUT2D eigenvalue weighted by atomic mass is 10.1. The van der Waals surface area contributed by atoms with Gasteiger partial charge in [0.1, 0.15) is 5.82 Å². The number of aryl methyl sites for hydroxylation is 2. The Bertz CT molecular complexity index is 804. The maximum Gasteiger partial charge on any atom is 0.259 e. The third-order valence-corrected chi connectivity index (χ3v) is 4.95. The van der Waals surface area contributed by atoms with E-state index in [2.05, 4.69) is 0 Å². The standard InChI is InChI=1S/C19H19FN2OS/c1-13-7-8-14(2)17(11-13)21-19-22(9-4-10-24-19)18(23)15-5-3-6-16(20)12-15/h3,5-8,11-12H,4,9-10H2,1-2H3. The molecule has 2 aromatic carbocycles. The van der Waals surface area contributed by atoms with Crippen LogP contribution >= 0.6 is 11.8 Å². The third-order valence-electron chi connectivity index (χ3n) is 3.89. The molecule has 1 amide bonds. The van der Waals surface area contributed by atoms with Crippen LogP contribution in [0.5, 0.6) is 0 Å². The van der Waals surface area contributed by atoms with E-state index in [0.717, 1.165) is 29.0 Å². The Morgan fingerprint density at radius 2 is 2.04 bits per heavy atom. The van der Waals surface area contributed by atoms with Crippen LogP contribution in [0.4, 0.5) is 10.1 Å². The second kappa shape index (κ2) is 7.18. The van der Waals surface area contributed by atoms with Crippen molar-refractivity contribution in [1.29, 1.82) is 0 Å². The molecule has 0 aromatic heterocycles. The Hall–Kier alpha value is -2.14. The van der Waals surface area contributed by atoms with Gasteiger partial charge in [0.15, 0.2) is 5.17 Å². The number of carbonyl (C=O) groups excluding carboxylic acids is 1. The van der Waals surface area contributed by atoms with E-state index in [4.69, 9.17) is 4.99 Å². The molecule has 0 spiro atoms. The first-order valence-electron chi connectivity index (χ1n) is 7.91. The molecule has 2 aromatic rings. The van der Waals surface area contributed by atoms with Gasteiger partial charge in [0, 0.05) is 17.9 Å². The Morgan fingerprint density at radius 3 is 2.83 bits per heavy atom. The number of halogens is 1. The summed E-state index contributed by atoms with van der Waals surface area (Å²) in [7, 11) is 0. The van der Waals surface area contributed by atoms with Crippen LogP contribution in [0.2, 0.25) is 0 Å². The largest absolute Gasteiger partial charge is 0.287 e. The van der Waals surface area contributed by atoms with Gasteiger partial charge < -0.3 is 0 Å². The number of carbonyl (C=O) groups is 1. The predicted molar refractivity (Wildman–Crippen MR) is 97.5 cm³/mol. The van der Waals surface area contributed by atoms with Gasteiger partial charge in [-0.1, -0.05) is 30.0 Å². The van der Waals surface area contributed by atoms with Crippen LogP contribution in [-0.2, 0) is 0 Å². The molecule has 0 bridgehead atoms. The number of aliphatic imine (C=N–C) groups is 1. The second-order valence-corrected chi connectivity index (χ2v) is 6.92. The van der Waals surface area contributed by atoms with E-state index in [1.807, 2.05) is 32.0 Å². The summed E-state index contributed by atoms with van der Waals surface area (Å²) < 4.78 is 13.4. The topological polar surface area (TPSA) is 32.7 Å². The average molecular weight is 342 g/mol. The van der Waals surface area contributed by atoms with Gasteiger partial charge in [-0.15, -0.1) is 0 Å². The summed E-state index contributed by atoms with van der Waals surface area (Å²) in [6.45, 7) is 4.63. The lowest BCUT2D eigenvalue weighted by Gasteiger charge is -2.28. The molecule has 1 fully saturated rings. The number of amidine groups is 1. The van der Waals surface area contributed by atoms with E-state index in [9.17, 15) is 9.18 Å². The third kappa shape index (κ3) is 3.67. The summed E-state index contributed by atoms with van der Waals surface area (Å²) in [5.74, 6) is 0.320. The van der Waals surface area contributed by atoms with Crippen molar-refractivity contribution in [2.24, 2.45) is 4.99 Å². The highest BCUT2D eigenvalue weighted by atomic mass is 32.2. The molecule has 1 heterocycles. The molecule has 24 heavy (non-hydrogen) atoms. The minimum Gasteiger partial charge on any atom is -0.287 e. The van der Waals surface area contributed by atoms with Gasteiger partial charge in [-0.3, -0.25) is 9.69 Å². The Labute approximate surface area is 145 Å². The fraction of sp³-hybridized carbons (Fsp3) is 0.263. The number of nitrogens with zero attached hydrogens (tertiary/aromatic N) is 2. The molecule has 1 aliphatic heterocycles. The van der Waals surface area contributed by atoms with Crippen molar-refractivity contribution in [3.8, 4) is 0 Å². The molecule has 5 heteroatoms. The van der Waals surface area contributed by atoms with Crippen molar-refractivity contribution >= 4 is 28.5 Å². The highest BCUT2D eigenvalue weighted by Gasteiger charge is 2.25. The van der Waals surface area contributed by atoms with Crippen LogP contribution in [0.25, 0.3) is 0 Å². The van der Waals surface area contributed by atoms with Crippen LogP contribution in [-0.4, -0.2) is 28.3 Å². The SMILES string of the molecule is Cc1ccc(C)c(N=C2SCCCN2C(=O)c2cccc(F)c2)c1. The first-order chi connectivity index (χ1) is 11.5. The van der Waals surface area contributed by atoms with Gasteiger partial charge in [-0.05, 0) is 55.7 Å². The zero-order valence-corrected chi connectivity index (χ0v) is 14.6. The lowest BCUT2D eigenvalue weighted by molar-refractivity contribution is 0.0848. The van der Waals surface area contributed by atoms with Crippen LogP contribution in [0.15, 0.2) is 47.5 Å². The van der Waals surface area contributed by atoms with Crippen molar-refractivity contribution in [2.45, 2.75) is 20.3 Å². The summed E-state index contributed by atoms with van der Waals surface area (Å²) in [5, 5.41) is 0.684. The van der Waals surface area contributed by atoms with E-state index in [-0.39, 0.29) is 5.91 Å². The molecule has 0 aliphatic carbocycles. The first-order valence-corrected chi connectivity index (χ1v) is 8.89. The number of hydrogen-bond donors (Lipinski definition) is 0. The second-order valence-electron chi connectivity index (χ2n) is 5.85. The summed E-state index contributed by atoms with van der Waals surface area (Å²) in [6, 6.07) is 11.9. The van der Waals surface area contributed by atoms with Crippen LogP contribution in [0.1, 0.15) is 27.9 Å². The zero-order valence-electron chi connectivity index (χ0n) is 13.8. The molecule has 124 valence electrons. The number of hydrogen-bond acceptors (Lipinski definition) is 3. The van der Waals surface area contributed by atoms with Crippen molar-refractivity contribution in [1.82, 2.24) is 4.90 Å². The van der Waals surface area contributed by atoms with Gasteiger partial charge in [-0.2, -0.15) is 0 Å². The smallest absolute Gasteiger partial charge is 0.259 e. The van der Waals surface area contributed by atoms with E-state index in [1.54, 1.807) is 28.8 Å². The maximum atomic E-state index is 13.4. The lowest BCUT2D eigenvalue weighted by Crippen LogP contribution is -2.39. The molecule has 0 atom stereocenters. The van der Waals surface area contributed by atoms with E-state index in [1.165, 1.54) is 12.1 Å². The van der Waals surface area contributed by atoms with Gasteiger partial charge >= 0.3 is 0 Å². The Morgan fingerprint density at radius 1 is 1.21 bits per heavy atom. The Kier molecular flexibility index (Phi) is 5.00. The molecule has 0 saturated carbocycles. The van der Waals surface area contributed by atoms with Gasteiger partial charge in [-0.25, -0.2) is 9.38 Å². The average Bonchev–Trinajstić information content (AvgIpc) is 2.58. The number of benzene rings is 2. The summed E-state index contributed by atoms with van der Waals surface area (Å²) in [5.41, 5.74) is 3.42. The van der Waals surface area contributed by atoms with Crippen molar-refractivity contribution in [3.63, 3.8) is 0 Å². The fourth-order valence-corrected chi connectivity index (χ4v) is 3.51. The highest BCUT2D eigenvalue weighted by Crippen LogP contribution is 2.26. The monoisotopic (exact) mass is 342 g/mol. The molecule has 1 aliphatic rings. The minimum absolute atomic E-state index is 0.203. The Balaban J connectivity index is 1.95. The number of amides is 1. The molecular formula is C19H19FN2OS. The number of rotatable bonds is 2. The molecule has 3 nitrogen and oxygen atoms in total. The summed E-state index contributed by atoms with van der Waals surface area (Å²) in [4.78, 5) is 19.1. The van der Waals surface area contributed by atoms with E-state index >= 15 is 0 Å². The van der Waals surface area contributed by atoms with Gasteiger partial charge in [0.05, 0.1) is 5.69 Å². The molecule has 1 saturated heterocycles. The van der Waals surface area contributed by atoms with Crippen molar-refractivity contribution < 1.29 is 9.18 Å². The quantitative estimate of drug-likeness (QED) is 0.792. The highest BCUT2D eigenvalue weighted by molar-refractivity contribution is 8.13. The molecule has 3 rings (SSSR count). The van der Waals surface area contributed by atoms with Gasteiger partial charge in [0.2, 0.25) is 0 Å². The molecular weight excluding hydrogens is 323 g/mol. The van der Waals surface area contributed by atoms with Crippen molar-refractivity contribution in [3.05, 3.63) is 65.0 Å². The van der Waals surface area contributed by atoms with Crippen LogP contribution in [0, 0.1) is 19.7 Å². The minimum atomic E-state index is -0.404. The summed E-state index contributed by atoms with van der Waals surface area (Å²) >= 11 is 1.57. The van der Waals surface area contributed by atoms with Crippen molar-refractivity contribution in [2.75, 3.05) is 12.3 Å². The van der Waals surface area contributed by atoms with E-state index in [0.29, 0.717) is 17.3 Å². The fourth-order valence-electron chi connectivity index (χ4n) is 2.56. The zero-order chi connectivity index (χ0) is 17.1. The van der Waals surface area contributed by atoms with Crippen LogP contribution < -0.4 is 0 Å².